The van der Waals surface area contributed by atoms with Crippen molar-refractivity contribution in [2.45, 2.75) is 52.7 Å². The molecule has 5 nitrogen and oxygen atoms in total. The van der Waals surface area contributed by atoms with E-state index < -0.39 is 6.04 Å². The Hall–Kier alpha value is -2.53. The summed E-state index contributed by atoms with van der Waals surface area (Å²) in [5.41, 5.74) is 1.90. The van der Waals surface area contributed by atoms with Crippen molar-refractivity contribution in [3.63, 3.8) is 0 Å². The third-order valence-corrected chi connectivity index (χ3v) is 5.00. The van der Waals surface area contributed by atoms with E-state index >= 15 is 0 Å². The lowest BCUT2D eigenvalue weighted by atomic mass is 10.1. The maximum Gasteiger partial charge on any atom is 0.261 e. The zero-order chi connectivity index (χ0) is 21.4. The van der Waals surface area contributed by atoms with Gasteiger partial charge in [-0.15, -0.1) is 0 Å². The van der Waals surface area contributed by atoms with Gasteiger partial charge in [-0.25, -0.2) is 0 Å². The van der Waals surface area contributed by atoms with E-state index in [4.69, 9.17) is 16.3 Å². The van der Waals surface area contributed by atoms with E-state index in [2.05, 4.69) is 5.32 Å². The Morgan fingerprint density at radius 2 is 1.86 bits per heavy atom. The Morgan fingerprint density at radius 1 is 1.14 bits per heavy atom. The van der Waals surface area contributed by atoms with Gasteiger partial charge in [-0.05, 0) is 62.6 Å². The van der Waals surface area contributed by atoms with Gasteiger partial charge in [-0.3, -0.25) is 9.59 Å². The average Bonchev–Trinajstić information content (AvgIpc) is 2.69. The number of amides is 2. The van der Waals surface area contributed by atoms with Gasteiger partial charge in [0.15, 0.2) is 6.61 Å². The molecule has 2 atom stereocenters. The van der Waals surface area contributed by atoms with E-state index in [9.17, 15) is 9.59 Å². The fraction of sp³-hybridized carbons (Fsp3) is 0.391. The lowest BCUT2D eigenvalue weighted by molar-refractivity contribution is -0.142. The van der Waals surface area contributed by atoms with Crippen LogP contribution in [0.4, 0.5) is 0 Å². The molecule has 0 aliphatic heterocycles. The smallest absolute Gasteiger partial charge is 0.261 e. The van der Waals surface area contributed by atoms with Gasteiger partial charge in [-0.1, -0.05) is 42.8 Å². The molecule has 0 aromatic heterocycles. The van der Waals surface area contributed by atoms with Crippen LogP contribution in [-0.4, -0.2) is 35.4 Å². The van der Waals surface area contributed by atoms with Crippen molar-refractivity contribution in [3.05, 3.63) is 64.7 Å². The fourth-order valence-corrected chi connectivity index (χ4v) is 3.03. The molecule has 29 heavy (non-hydrogen) atoms. The Balaban J connectivity index is 2.15. The molecule has 0 aliphatic rings. The molecule has 0 saturated heterocycles. The number of halogens is 1. The first-order chi connectivity index (χ1) is 13.8. The number of carbonyl (C=O) groups is 2. The van der Waals surface area contributed by atoms with Crippen LogP contribution in [0.15, 0.2) is 48.5 Å². The Labute approximate surface area is 178 Å². The highest BCUT2D eigenvalue weighted by atomic mass is 35.5. The van der Waals surface area contributed by atoms with Gasteiger partial charge in [-0.2, -0.15) is 0 Å². The molecular formula is C23H29ClN2O3. The number of rotatable bonds is 9. The van der Waals surface area contributed by atoms with Gasteiger partial charge in [0.05, 0.1) is 0 Å². The van der Waals surface area contributed by atoms with Gasteiger partial charge in [0.2, 0.25) is 5.91 Å². The zero-order valence-electron chi connectivity index (χ0n) is 17.4. The molecule has 1 N–H and O–H groups in total. The summed E-state index contributed by atoms with van der Waals surface area (Å²) in [6, 6.07) is 14.2. The zero-order valence-corrected chi connectivity index (χ0v) is 18.2. The highest BCUT2D eigenvalue weighted by Crippen LogP contribution is 2.16. The molecule has 0 bridgehead atoms. The van der Waals surface area contributed by atoms with Crippen LogP contribution < -0.4 is 10.1 Å². The molecule has 2 aromatic rings. The van der Waals surface area contributed by atoms with Crippen molar-refractivity contribution in [2.24, 2.45) is 0 Å². The van der Waals surface area contributed by atoms with Crippen molar-refractivity contribution in [3.8, 4) is 5.75 Å². The number of hydrogen-bond acceptors (Lipinski definition) is 3. The molecule has 0 aliphatic carbocycles. The van der Waals surface area contributed by atoms with Gasteiger partial charge in [0, 0.05) is 17.6 Å². The first-order valence-corrected chi connectivity index (χ1v) is 10.2. The van der Waals surface area contributed by atoms with Crippen molar-refractivity contribution in [1.82, 2.24) is 10.2 Å². The van der Waals surface area contributed by atoms with Crippen molar-refractivity contribution >= 4 is 23.4 Å². The van der Waals surface area contributed by atoms with E-state index in [1.165, 1.54) is 4.90 Å². The van der Waals surface area contributed by atoms with E-state index in [1.807, 2.05) is 51.1 Å². The predicted octanol–water partition coefficient (Wildman–Crippen LogP) is 4.36. The second kappa shape index (κ2) is 10.9. The minimum absolute atomic E-state index is 0.0385. The topological polar surface area (TPSA) is 58.6 Å². The minimum atomic E-state index is -0.642. The van der Waals surface area contributed by atoms with Gasteiger partial charge >= 0.3 is 0 Å². The fourth-order valence-electron chi connectivity index (χ4n) is 2.81. The van der Waals surface area contributed by atoms with Crippen LogP contribution in [0.1, 0.15) is 38.3 Å². The maximum absolute atomic E-state index is 13.0. The lowest BCUT2D eigenvalue weighted by Crippen LogP contribution is -2.50. The minimum Gasteiger partial charge on any atom is -0.484 e. The van der Waals surface area contributed by atoms with Crippen LogP contribution in [0.3, 0.4) is 0 Å². The summed E-state index contributed by atoms with van der Waals surface area (Å²) >= 11 is 6.09. The van der Waals surface area contributed by atoms with Gasteiger partial charge in [0.1, 0.15) is 11.8 Å². The van der Waals surface area contributed by atoms with Crippen molar-refractivity contribution < 1.29 is 14.3 Å². The summed E-state index contributed by atoms with van der Waals surface area (Å²) in [7, 11) is 0. The number of aryl methyl sites for hydroxylation is 1. The summed E-state index contributed by atoms with van der Waals surface area (Å²) in [5.74, 6) is 0.168. The summed E-state index contributed by atoms with van der Waals surface area (Å²) in [6.45, 7) is 7.75. The van der Waals surface area contributed by atoms with E-state index in [0.29, 0.717) is 10.8 Å². The largest absolute Gasteiger partial charge is 0.484 e. The number of nitrogens with one attached hydrogen (secondary N) is 1. The molecule has 0 radical (unpaired) electrons. The average molecular weight is 417 g/mol. The van der Waals surface area contributed by atoms with Crippen LogP contribution in [0, 0.1) is 6.92 Å². The molecule has 2 rings (SSSR count). The maximum atomic E-state index is 13.0. The molecular weight excluding hydrogens is 388 g/mol. The van der Waals surface area contributed by atoms with Crippen LogP contribution in [0.2, 0.25) is 5.02 Å². The summed E-state index contributed by atoms with van der Waals surface area (Å²) in [4.78, 5) is 27.2. The molecule has 0 saturated carbocycles. The molecule has 6 heteroatoms. The standard InChI is InChI=1S/C23H29ClN2O3/c1-5-17(3)25-23(28)18(4)26(14-19-9-7-10-20(24)13-19)22(27)15-29-21-11-6-8-16(2)12-21/h6-13,17-18H,5,14-15H2,1-4H3,(H,25,28)/t17-,18+/m0/s1. The highest BCUT2D eigenvalue weighted by Gasteiger charge is 2.27. The Bertz CT molecular complexity index is 840. The number of nitrogens with zero attached hydrogens (tertiary/aromatic N) is 1. The second-order valence-electron chi connectivity index (χ2n) is 7.25. The molecule has 2 amide bonds. The summed E-state index contributed by atoms with van der Waals surface area (Å²) < 4.78 is 5.67. The molecule has 2 aromatic carbocycles. The first-order valence-electron chi connectivity index (χ1n) is 9.84. The number of ether oxygens (including phenoxy) is 1. The molecule has 0 heterocycles. The first kappa shape index (κ1) is 22.8. The Morgan fingerprint density at radius 3 is 2.52 bits per heavy atom. The number of hydrogen-bond donors (Lipinski definition) is 1. The van der Waals surface area contributed by atoms with Crippen LogP contribution in [0.25, 0.3) is 0 Å². The SMILES string of the molecule is CC[C@H](C)NC(=O)[C@@H](C)N(Cc1cccc(Cl)c1)C(=O)COc1cccc(C)c1. The van der Waals surface area contributed by atoms with Crippen LogP contribution in [0.5, 0.6) is 5.75 Å². The van der Waals surface area contributed by atoms with Gasteiger partial charge < -0.3 is 15.0 Å². The quantitative estimate of drug-likeness (QED) is 0.660. The van der Waals surface area contributed by atoms with Crippen molar-refractivity contribution in [2.75, 3.05) is 6.61 Å². The lowest BCUT2D eigenvalue weighted by Gasteiger charge is -2.29. The van der Waals surface area contributed by atoms with E-state index in [1.54, 1.807) is 25.1 Å². The second-order valence-corrected chi connectivity index (χ2v) is 7.69. The van der Waals surface area contributed by atoms with Gasteiger partial charge in [0.25, 0.3) is 5.91 Å². The summed E-state index contributed by atoms with van der Waals surface area (Å²) in [6.07, 6.45) is 0.817. The van der Waals surface area contributed by atoms with E-state index in [-0.39, 0.29) is 31.0 Å². The molecule has 156 valence electrons. The molecule has 0 spiro atoms. The normalized spacial score (nSPS) is 12.7. The number of carbonyl (C=O) groups excluding carboxylic acids is 2. The third-order valence-electron chi connectivity index (χ3n) is 4.76. The van der Waals surface area contributed by atoms with Crippen LogP contribution >= 0.6 is 11.6 Å². The monoisotopic (exact) mass is 416 g/mol. The molecule has 0 fully saturated rings. The van der Waals surface area contributed by atoms with Crippen molar-refractivity contribution in [1.29, 1.82) is 0 Å². The molecule has 0 unspecified atom stereocenters. The highest BCUT2D eigenvalue weighted by molar-refractivity contribution is 6.30. The number of benzene rings is 2. The third kappa shape index (κ3) is 7.09. The predicted molar refractivity (Wildman–Crippen MR) is 116 cm³/mol. The Kier molecular flexibility index (Phi) is 8.52. The van der Waals surface area contributed by atoms with E-state index in [0.717, 1.165) is 17.5 Å². The summed E-state index contributed by atoms with van der Waals surface area (Å²) in [5, 5.41) is 3.53. The van der Waals surface area contributed by atoms with Crippen LogP contribution in [-0.2, 0) is 16.1 Å².